The van der Waals surface area contributed by atoms with Gasteiger partial charge < -0.3 is 4.74 Å². The molecule has 1 heteroatoms. The summed E-state index contributed by atoms with van der Waals surface area (Å²) in [7, 11) is 0. The number of benzene rings is 2. The molecule has 0 N–H and O–H groups in total. The third-order valence-electron chi connectivity index (χ3n) is 3.29. The van der Waals surface area contributed by atoms with Crippen LogP contribution in [0.25, 0.3) is 10.8 Å². The summed E-state index contributed by atoms with van der Waals surface area (Å²) in [6.07, 6.45) is 0. The van der Waals surface area contributed by atoms with Gasteiger partial charge in [-0.3, -0.25) is 0 Å². The highest BCUT2D eigenvalue weighted by Gasteiger charge is 2.35. The van der Waals surface area contributed by atoms with Gasteiger partial charge in [0.25, 0.3) is 0 Å². The van der Waals surface area contributed by atoms with Gasteiger partial charge in [0.2, 0.25) is 0 Å². The minimum atomic E-state index is 0.240. The van der Waals surface area contributed by atoms with Gasteiger partial charge in [-0.25, -0.2) is 0 Å². The predicted octanol–water partition coefficient (Wildman–Crippen LogP) is 3.13. The van der Waals surface area contributed by atoms with E-state index in [-0.39, 0.29) is 5.41 Å². The fraction of sp³-hybridized carbons (Fsp3) is 0.286. The van der Waals surface area contributed by atoms with Gasteiger partial charge in [0.1, 0.15) is 0 Å². The van der Waals surface area contributed by atoms with Crippen LogP contribution >= 0.6 is 0 Å². The summed E-state index contributed by atoms with van der Waals surface area (Å²) >= 11 is 0. The summed E-state index contributed by atoms with van der Waals surface area (Å²) in [6.45, 7) is 3.97. The average molecular weight is 198 g/mol. The van der Waals surface area contributed by atoms with Crippen molar-refractivity contribution in [1.29, 1.82) is 0 Å². The Kier molecular flexibility index (Phi) is 1.83. The maximum atomic E-state index is 5.30. The zero-order valence-corrected chi connectivity index (χ0v) is 8.86. The first-order valence-electron chi connectivity index (χ1n) is 5.35. The van der Waals surface area contributed by atoms with Crippen LogP contribution in [0.3, 0.4) is 0 Å². The lowest BCUT2D eigenvalue weighted by Gasteiger charge is -2.38. The molecule has 76 valence electrons. The molecule has 1 fully saturated rings. The molecular weight excluding hydrogens is 184 g/mol. The largest absolute Gasteiger partial charge is 0.379 e. The van der Waals surface area contributed by atoms with Crippen molar-refractivity contribution in [3.8, 4) is 0 Å². The molecule has 1 saturated heterocycles. The minimum Gasteiger partial charge on any atom is -0.379 e. The van der Waals surface area contributed by atoms with E-state index in [1.54, 1.807) is 0 Å². The topological polar surface area (TPSA) is 9.23 Å². The van der Waals surface area contributed by atoms with Crippen molar-refractivity contribution < 1.29 is 4.74 Å². The van der Waals surface area contributed by atoms with Crippen LogP contribution in [-0.2, 0) is 10.2 Å². The van der Waals surface area contributed by atoms with Gasteiger partial charge >= 0.3 is 0 Å². The lowest BCUT2D eigenvalue weighted by Crippen LogP contribution is -2.43. The molecule has 1 aliphatic rings. The molecule has 2 aromatic rings. The lowest BCUT2D eigenvalue weighted by atomic mass is 9.80. The molecule has 0 aromatic heterocycles. The predicted molar refractivity (Wildman–Crippen MR) is 62.1 cm³/mol. The van der Waals surface area contributed by atoms with E-state index in [0.29, 0.717) is 0 Å². The first kappa shape index (κ1) is 8.93. The van der Waals surface area contributed by atoms with Crippen molar-refractivity contribution >= 4 is 10.8 Å². The standard InChI is InChI=1S/C14H14O/c1-14(9-15-10-14)13-7-6-11-4-2-3-5-12(11)8-13/h2-8H,9-10H2,1H3. The van der Waals surface area contributed by atoms with Crippen LogP contribution < -0.4 is 0 Å². The molecular formula is C14H14O. The van der Waals surface area contributed by atoms with E-state index >= 15 is 0 Å². The molecule has 0 amide bonds. The highest BCUT2D eigenvalue weighted by Crippen LogP contribution is 2.33. The van der Waals surface area contributed by atoms with Gasteiger partial charge in [-0.05, 0) is 16.3 Å². The van der Waals surface area contributed by atoms with Crippen molar-refractivity contribution in [2.24, 2.45) is 0 Å². The number of hydrogen-bond donors (Lipinski definition) is 0. The van der Waals surface area contributed by atoms with Gasteiger partial charge in [0, 0.05) is 5.41 Å². The van der Waals surface area contributed by atoms with E-state index in [2.05, 4.69) is 49.4 Å². The molecule has 3 rings (SSSR count). The summed E-state index contributed by atoms with van der Waals surface area (Å²) < 4.78 is 5.30. The van der Waals surface area contributed by atoms with Crippen molar-refractivity contribution in [3.63, 3.8) is 0 Å². The Morgan fingerprint density at radius 2 is 1.73 bits per heavy atom. The summed E-state index contributed by atoms with van der Waals surface area (Å²) in [5, 5.41) is 2.63. The second-order valence-corrected chi connectivity index (χ2v) is 4.62. The second kappa shape index (κ2) is 3.07. The Morgan fingerprint density at radius 1 is 1.00 bits per heavy atom. The van der Waals surface area contributed by atoms with Gasteiger partial charge in [0.15, 0.2) is 0 Å². The molecule has 1 aliphatic heterocycles. The van der Waals surface area contributed by atoms with Gasteiger partial charge in [-0.15, -0.1) is 0 Å². The first-order valence-corrected chi connectivity index (χ1v) is 5.35. The van der Waals surface area contributed by atoms with Gasteiger partial charge in [-0.1, -0.05) is 49.4 Å². The van der Waals surface area contributed by atoms with E-state index in [1.807, 2.05) is 0 Å². The number of rotatable bonds is 1. The molecule has 0 bridgehead atoms. The normalized spacial score (nSPS) is 18.7. The second-order valence-electron chi connectivity index (χ2n) is 4.62. The molecule has 1 nitrogen and oxygen atoms in total. The zero-order chi connectivity index (χ0) is 10.3. The van der Waals surface area contributed by atoms with Gasteiger partial charge in [0.05, 0.1) is 13.2 Å². The van der Waals surface area contributed by atoms with E-state index < -0.39 is 0 Å². The summed E-state index contributed by atoms with van der Waals surface area (Å²) in [6, 6.07) is 15.2. The SMILES string of the molecule is CC1(c2ccc3ccccc3c2)COC1. The Bertz CT molecular complexity index is 497. The van der Waals surface area contributed by atoms with Crippen LogP contribution in [-0.4, -0.2) is 13.2 Å². The maximum absolute atomic E-state index is 5.30. The quantitative estimate of drug-likeness (QED) is 0.684. The minimum absolute atomic E-state index is 0.240. The highest BCUT2D eigenvalue weighted by molar-refractivity contribution is 5.83. The van der Waals surface area contributed by atoms with Crippen molar-refractivity contribution in [2.75, 3.05) is 13.2 Å². The molecule has 0 saturated carbocycles. The van der Waals surface area contributed by atoms with Crippen LogP contribution in [0.15, 0.2) is 42.5 Å². The molecule has 0 radical (unpaired) electrons. The monoisotopic (exact) mass is 198 g/mol. The van der Waals surface area contributed by atoms with Gasteiger partial charge in [-0.2, -0.15) is 0 Å². The van der Waals surface area contributed by atoms with Crippen LogP contribution in [0, 0.1) is 0 Å². The summed E-state index contributed by atoms with van der Waals surface area (Å²) in [5.41, 5.74) is 1.64. The Morgan fingerprint density at radius 3 is 2.40 bits per heavy atom. The average Bonchev–Trinajstić information content (AvgIpc) is 2.25. The Balaban J connectivity index is 2.14. The third kappa shape index (κ3) is 1.35. The van der Waals surface area contributed by atoms with Crippen molar-refractivity contribution in [1.82, 2.24) is 0 Å². The number of ether oxygens (including phenoxy) is 1. The summed E-state index contributed by atoms with van der Waals surface area (Å²) in [5.74, 6) is 0. The van der Waals surface area contributed by atoms with Crippen molar-refractivity contribution in [2.45, 2.75) is 12.3 Å². The highest BCUT2D eigenvalue weighted by atomic mass is 16.5. The lowest BCUT2D eigenvalue weighted by molar-refractivity contribution is -0.0499. The molecule has 0 aliphatic carbocycles. The Hall–Kier alpha value is -1.34. The van der Waals surface area contributed by atoms with Crippen LogP contribution in [0.2, 0.25) is 0 Å². The van der Waals surface area contributed by atoms with E-state index in [0.717, 1.165) is 13.2 Å². The van der Waals surface area contributed by atoms with E-state index in [4.69, 9.17) is 4.74 Å². The van der Waals surface area contributed by atoms with Crippen LogP contribution in [0.5, 0.6) is 0 Å². The molecule has 0 unspecified atom stereocenters. The molecule has 1 heterocycles. The summed E-state index contributed by atoms with van der Waals surface area (Å²) in [4.78, 5) is 0. The maximum Gasteiger partial charge on any atom is 0.0582 e. The first-order chi connectivity index (χ1) is 7.28. The fourth-order valence-electron chi connectivity index (χ4n) is 2.14. The molecule has 2 aromatic carbocycles. The molecule has 15 heavy (non-hydrogen) atoms. The zero-order valence-electron chi connectivity index (χ0n) is 8.86. The van der Waals surface area contributed by atoms with Crippen LogP contribution in [0.1, 0.15) is 12.5 Å². The molecule has 0 spiro atoms. The third-order valence-corrected chi connectivity index (χ3v) is 3.29. The number of hydrogen-bond acceptors (Lipinski definition) is 1. The number of fused-ring (bicyclic) bond motifs is 1. The molecule has 0 atom stereocenters. The van der Waals surface area contributed by atoms with Crippen molar-refractivity contribution in [3.05, 3.63) is 48.0 Å². The van der Waals surface area contributed by atoms with Crippen LogP contribution in [0.4, 0.5) is 0 Å². The smallest absolute Gasteiger partial charge is 0.0582 e. The van der Waals surface area contributed by atoms with E-state index in [9.17, 15) is 0 Å². The Labute approximate surface area is 89.7 Å². The fourth-order valence-corrected chi connectivity index (χ4v) is 2.14. The van der Waals surface area contributed by atoms with E-state index in [1.165, 1.54) is 16.3 Å².